The van der Waals surface area contributed by atoms with E-state index in [-0.39, 0.29) is 17.2 Å². The Morgan fingerprint density at radius 1 is 0.966 bits per heavy atom. The van der Waals surface area contributed by atoms with E-state index in [1.54, 1.807) is 0 Å². The van der Waals surface area contributed by atoms with Gasteiger partial charge in [0.05, 0.1) is 16.8 Å². The Labute approximate surface area is 167 Å². The standard InChI is InChI=1S/C21H23N5O3/c1-24-18-14(20(28)25(2)21(24)29)10-11-16(22-18)19(27)23-15-8-4-5-9-17(15)26-12-6-3-7-13-26/h4-5,8-11H,3,6-7,12-13H2,1-2H3,(H,23,27). The zero-order valence-corrected chi connectivity index (χ0v) is 16.5. The van der Waals surface area contributed by atoms with Crippen molar-refractivity contribution in [2.75, 3.05) is 23.3 Å². The highest BCUT2D eigenvalue weighted by atomic mass is 16.2. The molecule has 1 amide bonds. The van der Waals surface area contributed by atoms with E-state index in [0.717, 1.165) is 41.9 Å². The Morgan fingerprint density at radius 3 is 2.45 bits per heavy atom. The van der Waals surface area contributed by atoms with Gasteiger partial charge in [0, 0.05) is 27.2 Å². The van der Waals surface area contributed by atoms with Crippen molar-refractivity contribution >= 4 is 28.3 Å². The molecule has 0 atom stereocenters. The van der Waals surface area contributed by atoms with E-state index < -0.39 is 11.2 Å². The number of carbonyl (C=O) groups excluding carboxylic acids is 1. The van der Waals surface area contributed by atoms with E-state index in [0.29, 0.717) is 5.39 Å². The maximum atomic E-state index is 12.9. The number of rotatable bonds is 3. The van der Waals surface area contributed by atoms with Crippen molar-refractivity contribution in [2.24, 2.45) is 14.1 Å². The summed E-state index contributed by atoms with van der Waals surface area (Å²) < 4.78 is 2.30. The van der Waals surface area contributed by atoms with Crippen LogP contribution in [0.5, 0.6) is 0 Å². The number of piperidine rings is 1. The van der Waals surface area contributed by atoms with Crippen LogP contribution < -0.4 is 21.5 Å². The van der Waals surface area contributed by atoms with Gasteiger partial charge in [0.15, 0.2) is 0 Å². The summed E-state index contributed by atoms with van der Waals surface area (Å²) in [6.07, 6.45) is 3.50. The molecule has 1 saturated heterocycles. The normalized spacial score (nSPS) is 14.2. The number of pyridine rings is 1. The molecule has 1 aromatic carbocycles. The summed E-state index contributed by atoms with van der Waals surface area (Å²) in [6, 6.07) is 10.8. The minimum absolute atomic E-state index is 0.147. The summed E-state index contributed by atoms with van der Waals surface area (Å²) in [7, 11) is 2.95. The third-order valence-electron chi connectivity index (χ3n) is 5.38. The van der Waals surface area contributed by atoms with E-state index in [1.165, 1.54) is 37.2 Å². The Balaban J connectivity index is 1.69. The van der Waals surface area contributed by atoms with Crippen molar-refractivity contribution in [3.8, 4) is 0 Å². The summed E-state index contributed by atoms with van der Waals surface area (Å²) in [5.74, 6) is -0.385. The van der Waals surface area contributed by atoms with E-state index in [1.807, 2.05) is 24.3 Å². The molecule has 8 nitrogen and oxygen atoms in total. The highest BCUT2D eigenvalue weighted by Crippen LogP contribution is 2.28. The van der Waals surface area contributed by atoms with Gasteiger partial charge in [0.1, 0.15) is 11.3 Å². The number of anilines is 2. The lowest BCUT2D eigenvalue weighted by Gasteiger charge is -2.30. The maximum absolute atomic E-state index is 12.9. The number of aryl methyl sites for hydroxylation is 1. The van der Waals surface area contributed by atoms with Crippen LogP contribution in [-0.4, -0.2) is 33.1 Å². The van der Waals surface area contributed by atoms with Gasteiger partial charge in [-0.3, -0.25) is 18.7 Å². The third kappa shape index (κ3) is 3.41. The van der Waals surface area contributed by atoms with Crippen LogP contribution in [0.25, 0.3) is 11.0 Å². The molecular formula is C21H23N5O3. The molecule has 3 aromatic rings. The van der Waals surface area contributed by atoms with Crippen molar-refractivity contribution < 1.29 is 4.79 Å². The molecule has 29 heavy (non-hydrogen) atoms. The van der Waals surface area contributed by atoms with Gasteiger partial charge in [-0.1, -0.05) is 12.1 Å². The number of hydrogen-bond acceptors (Lipinski definition) is 5. The molecule has 0 bridgehead atoms. The van der Waals surface area contributed by atoms with Crippen LogP contribution in [0.2, 0.25) is 0 Å². The second-order valence-electron chi connectivity index (χ2n) is 7.29. The maximum Gasteiger partial charge on any atom is 0.332 e. The number of nitrogens with zero attached hydrogens (tertiary/aromatic N) is 4. The van der Waals surface area contributed by atoms with Gasteiger partial charge in [-0.05, 0) is 43.5 Å². The number of benzene rings is 1. The van der Waals surface area contributed by atoms with Gasteiger partial charge in [0.25, 0.3) is 11.5 Å². The quantitative estimate of drug-likeness (QED) is 0.734. The lowest BCUT2D eigenvalue weighted by atomic mass is 10.1. The number of aromatic nitrogens is 3. The first-order valence-electron chi connectivity index (χ1n) is 9.69. The monoisotopic (exact) mass is 393 g/mol. The van der Waals surface area contributed by atoms with Gasteiger partial charge in [0.2, 0.25) is 0 Å². The van der Waals surface area contributed by atoms with Crippen LogP contribution in [0.15, 0.2) is 46.0 Å². The van der Waals surface area contributed by atoms with E-state index >= 15 is 0 Å². The fourth-order valence-electron chi connectivity index (χ4n) is 3.76. The van der Waals surface area contributed by atoms with Crippen molar-refractivity contribution in [1.82, 2.24) is 14.1 Å². The minimum Gasteiger partial charge on any atom is -0.370 e. The smallest absolute Gasteiger partial charge is 0.332 e. The van der Waals surface area contributed by atoms with Crippen LogP contribution in [-0.2, 0) is 14.1 Å². The lowest BCUT2D eigenvalue weighted by molar-refractivity contribution is 0.102. The van der Waals surface area contributed by atoms with Gasteiger partial charge in [-0.15, -0.1) is 0 Å². The van der Waals surface area contributed by atoms with Crippen LogP contribution in [0, 0.1) is 0 Å². The van der Waals surface area contributed by atoms with Gasteiger partial charge < -0.3 is 10.2 Å². The molecule has 8 heteroatoms. The molecule has 1 aliphatic rings. The molecule has 0 aliphatic carbocycles. The first-order chi connectivity index (χ1) is 14.0. The molecule has 0 radical (unpaired) electrons. The molecule has 1 aliphatic heterocycles. The fourth-order valence-corrected chi connectivity index (χ4v) is 3.76. The summed E-state index contributed by atoms with van der Waals surface area (Å²) in [5, 5.41) is 3.23. The first kappa shape index (κ1) is 18.9. The van der Waals surface area contributed by atoms with E-state index in [9.17, 15) is 14.4 Å². The number of para-hydroxylation sites is 2. The van der Waals surface area contributed by atoms with E-state index in [2.05, 4.69) is 15.2 Å². The van der Waals surface area contributed by atoms with Crippen LogP contribution >= 0.6 is 0 Å². The molecule has 0 spiro atoms. The summed E-state index contributed by atoms with van der Waals surface area (Å²) >= 11 is 0. The number of carbonyl (C=O) groups is 1. The Bertz CT molecular complexity index is 1210. The molecule has 0 saturated carbocycles. The number of amides is 1. The molecule has 1 N–H and O–H groups in total. The molecular weight excluding hydrogens is 370 g/mol. The molecule has 0 unspecified atom stereocenters. The third-order valence-corrected chi connectivity index (χ3v) is 5.38. The second-order valence-corrected chi connectivity index (χ2v) is 7.29. The number of nitrogens with one attached hydrogen (secondary N) is 1. The van der Waals surface area contributed by atoms with E-state index in [4.69, 9.17) is 0 Å². The van der Waals surface area contributed by atoms with Crippen molar-refractivity contribution in [3.63, 3.8) is 0 Å². The summed E-state index contributed by atoms with van der Waals surface area (Å²) in [4.78, 5) is 43.9. The molecule has 1 fully saturated rings. The van der Waals surface area contributed by atoms with Crippen LogP contribution in [0.3, 0.4) is 0 Å². The summed E-state index contributed by atoms with van der Waals surface area (Å²) in [5.41, 5.74) is 1.13. The Morgan fingerprint density at radius 2 is 1.69 bits per heavy atom. The lowest BCUT2D eigenvalue weighted by Crippen LogP contribution is -2.37. The number of hydrogen-bond donors (Lipinski definition) is 1. The Kier molecular flexibility index (Phi) is 4.92. The van der Waals surface area contributed by atoms with Gasteiger partial charge in [-0.25, -0.2) is 9.78 Å². The molecule has 3 heterocycles. The minimum atomic E-state index is -0.483. The second kappa shape index (κ2) is 7.54. The molecule has 4 rings (SSSR count). The highest BCUT2D eigenvalue weighted by Gasteiger charge is 2.18. The van der Waals surface area contributed by atoms with Crippen molar-refractivity contribution in [3.05, 3.63) is 62.9 Å². The molecule has 150 valence electrons. The average Bonchev–Trinajstić information content (AvgIpc) is 2.76. The largest absolute Gasteiger partial charge is 0.370 e. The zero-order valence-electron chi connectivity index (χ0n) is 16.5. The van der Waals surface area contributed by atoms with Crippen LogP contribution in [0.1, 0.15) is 29.8 Å². The zero-order chi connectivity index (χ0) is 20.5. The van der Waals surface area contributed by atoms with Gasteiger partial charge in [-0.2, -0.15) is 0 Å². The Hall–Kier alpha value is -3.42. The predicted molar refractivity (Wildman–Crippen MR) is 113 cm³/mol. The first-order valence-corrected chi connectivity index (χ1v) is 9.69. The summed E-state index contributed by atoms with van der Waals surface area (Å²) in [6.45, 7) is 1.93. The SMILES string of the molecule is Cn1c(=O)c2ccc(C(=O)Nc3ccccc3N3CCCCC3)nc2n(C)c1=O. The average molecular weight is 393 g/mol. The topological polar surface area (TPSA) is 89.2 Å². The highest BCUT2D eigenvalue weighted by molar-refractivity contribution is 6.05. The molecule has 2 aromatic heterocycles. The fraction of sp³-hybridized carbons (Fsp3) is 0.333. The number of fused-ring (bicyclic) bond motifs is 1. The van der Waals surface area contributed by atoms with Crippen LogP contribution in [0.4, 0.5) is 11.4 Å². The van der Waals surface area contributed by atoms with Gasteiger partial charge >= 0.3 is 5.69 Å². The van der Waals surface area contributed by atoms with Crippen molar-refractivity contribution in [1.29, 1.82) is 0 Å². The predicted octanol–water partition coefficient (Wildman–Crippen LogP) is 1.87. The van der Waals surface area contributed by atoms with Crippen molar-refractivity contribution in [2.45, 2.75) is 19.3 Å².